The minimum atomic E-state index is -0.176. The normalized spacial score (nSPS) is 10.8. The van der Waals surface area contributed by atoms with Crippen molar-refractivity contribution in [3.05, 3.63) is 46.8 Å². The molecule has 7 nitrogen and oxygen atoms in total. The van der Waals surface area contributed by atoms with Crippen molar-refractivity contribution in [3.8, 4) is 17.0 Å². The Labute approximate surface area is 153 Å². The number of methoxy groups -OCH3 is 1. The van der Waals surface area contributed by atoms with Crippen LogP contribution in [0.4, 0.5) is 0 Å². The fourth-order valence-electron chi connectivity index (χ4n) is 2.44. The Morgan fingerprint density at radius 3 is 2.81 bits per heavy atom. The van der Waals surface area contributed by atoms with Crippen molar-refractivity contribution in [2.24, 2.45) is 0 Å². The van der Waals surface area contributed by atoms with Crippen LogP contribution in [0.15, 0.2) is 41.2 Å². The Hall–Kier alpha value is -2.67. The maximum Gasteiger partial charge on any atom is 0.266 e. The smallest absolute Gasteiger partial charge is 0.266 e. The molecule has 2 rings (SSSR count). The molecule has 0 aliphatic rings. The lowest BCUT2D eigenvalue weighted by Crippen LogP contribution is -2.31. The number of aryl methyl sites for hydroxylation is 1. The van der Waals surface area contributed by atoms with Crippen molar-refractivity contribution in [2.45, 2.75) is 19.4 Å². The Balaban J connectivity index is 1.95. The molecule has 26 heavy (non-hydrogen) atoms. The van der Waals surface area contributed by atoms with Gasteiger partial charge in [0.05, 0.1) is 12.8 Å². The highest BCUT2D eigenvalue weighted by Gasteiger charge is 2.06. The topological polar surface area (TPSA) is 76.5 Å². The summed E-state index contributed by atoms with van der Waals surface area (Å²) in [5, 5.41) is 7.27. The summed E-state index contributed by atoms with van der Waals surface area (Å²) in [6.07, 6.45) is 0.924. The summed E-state index contributed by atoms with van der Waals surface area (Å²) >= 11 is 0. The van der Waals surface area contributed by atoms with E-state index >= 15 is 0 Å². The van der Waals surface area contributed by atoms with Crippen LogP contribution in [0.3, 0.4) is 0 Å². The van der Waals surface area contributed by atoms with Gasteiger partial charge in [-0.2, -0.15) is 5.10 Å². The van der Waals surface area contributed by atoms with Gasteiger partial charge in [0.25, 0.3) is 5.56 Å². The zero-order valence-corrected chi connectivity index (χ0v) is 15.6. The first-order chi connectivity index (χ1) is 12.5. The van der Waals surface area contributed by atoms with E-state index < -0.39 is 0 Å². The molecule has 0 fully saturated rings. The Kier molecular flexibility index (Phi) is 7.35. The highest BCUT2D eigenvalue weighted by atomic mass is 16.5. The molecule has 1 aromatic carbocycles. The fourth-order valence-corrected chi connectivity index (χ4v) is 2.44. The molecule has 140 valence electrons. The van der Waals surface area contributed by atoms with Gasteiger partial charge in [-0.05, 0) is 38.7 Å². The minimum absolute atomic E-state index is 0.0103. The van der Waals surface area contributed by atoms with Crippen molar-refractivity contribution in [1.29, 1.82) is 0 Å². The van der Waals surface area contributed by atoms with E-state index in [0.29, 0.717) is 31.6 Å². The second-order valence-corrected chi connectivity index (χ2v) is 6.27. The summed E-state index contributed by atoms with van der Waals surface area (Å²) in [5.74, 6) is 0.722. The molecule has 7 heteroatoms. The number of likely N-dealkylation sites (N-methyl/N-ethyl adjacent to an activating group) is 1. The van der Waals surface area contributed by atoms with Gasteiger partial charge in [0, 0.05) is 37.7 Å². The van der Waals surface area contributed by atoms with E-state index in [1.54, 1.807) is 13.2 Å². The summed E-state index contributed by atoms with van der Waals surface area (Å²) < 4.78 is 6.63. The number of aromatic nitrogens is 2. The number of ether oxygens (including phenoxy) is 1. The molecule has 1 N–H and O–H groups in total. The average molecular weight is 358 g/mol. The van der Waals surface area contributed by atoms with Gasteiger partial charge in [0.2, 0.25) is 5.91 Å². The minimum Gasteiger partial charge on any atom is -0.497 e. The number of carbonyl (C=O) groups excluding carboxylic acids is 1. The molecule has 0 aliphatic heterocycles. The largest absolute Gasteiger partial charge is 0.497 e. The molecule has 0 spiro atoms. The van der Waals surface area contributed by atoms with E-state index in [1.165, 1.54) is 10.7 Å². The van der Waals surface area contributed by atoms with E-state index in [2.05, 4.69) is 10.4 Å². The third-order valence-corrected chi connectivity index (χ3v) is 3.89. The lowest BCUT2D eigenvalue weighted by molar-refractivity contribution is -0.121. The molecular formula is C19H26N4O3. The van der Waals surface area contributed by atoms with Crippen LogP contribution in [0.5, 0.6) is 5.75 Å². The highest BCUT2D eigenvalue weighted by molar-refractivity contribution is 5.75. The number of hydrogen-bond acceptors (Lipinski definition) is 5. The van der Waals surface area contributed by atoms with Gasteiger partial charge in [-0.25, -0.2) is 4.68 Å². The summed E-state index contributed by atoms with van der Waals surface area (Å²) in [4.78, 5) is 25.8. The van der Waals surface area contributed by atoms with E-state index in [1.807, 2.05) is 43.3 Å². The number of nitrogens with one attached hydrogen (secondary N) is 1. The van der Waals surface area contributed by atoms with E-state index in [4.69, 9.17) is 4.74 Å². The summed E-state index contributed by atoms with van der Waals surface area (Å²) in [7, 11) is 5.52. The molecule has 0 saturated carbocycles. The Morgan fingerprint density at radius 1 is 1.27 bits per heavy atom. The van der Waals surface area contributed by atoms with Crippen LogP contribution in [0.25, 0.3) is 11.3 Å². The monoisotopic (exact) mass is 358 g/mol. The average Bonchev–Trinajstić information content (AvgIpc) is 2.63. The molecule has 0 unspecified atom stereocenters. The van der Waals surface area contributed by atoms with Gasteiger partial charge in [0.1, 0.15) is 5.75 Å². The van der Waals surface area contributed by atoms with Gasteiger partial charge in [-0.1, -0.05) is 12.1 Å². The first-order valence-corrected chi connectivity index (χ1v) is 8.63. The van der Waals surface area contributed by atoms with Crippen LogP contribution in [0.2, 0.25) is 0 Å². The molecule has 1 heterocycles. The molecule has 0 bridgehead atoms. The molecular weight excluding hydrogens is 332 g/mol. The van der Waals surface area contributed by atoms with Gasteiger partial charge >= 0.3 is 0 Å². The SMILES string of the molecule is COc1cccc(-c2ccc(=O)n(CCCC(=O)NCCN(C)C)n2)c1. The van der Waals surface area contributed by atoms with Crippen LogP contribution in [0.1, 0.15) is 12.8 Å². The van der Waals surface area contributed by atoms with Crippen molar-refractivity contribution in [3.63, 3.8) is 0 Å². The molecule has 1 aromatic heterocycles. The van der Waals surface area contributed by atoms with Crippen molar-refractivity contribution in [2.75, 3.05) is 34.3 Å². The van der Waals surface area contributed by atoms with E-state index in [9.17, 15) is 9.59 Å². The molecule has 0 saturated heterocycles. The third kappa shape index (κ3) is 6.00. The van der Waals surface area contributed by atoms with Gasteiger partial charge < -0.3 is 15.0 Å². The predicted molar refractivity (Wildman–Crippen MR) is 101 cm³/mol. The standard InChI is InChI=1S/C19H26N4O3/c1-22(2)13-11-20-18(24)8-5-12-23-19(25)10-9-17(21-23)15-6-4-7-16(14-15)26-3/h4,6-7,9-10,14H,5,8,11-13H2,1-3H3,(H,20,24). The summed E-state index contributed by atoms with van der Waals surface area (Å²) in [6.45, 7) is 1.82. The van der Waals surface area contributed by atoms with Gasteiger partial charge in [0.15, 0.2) is 0 Å². The van der Waals surface area contributed by atoms with Crippen molar-refractivity contribution >= 4 is 5.91 Å². The first-order valence-electron chi connectivity index (χ1n) is 8.63. The number of hydrogen-bond donors (Lipinski definition) is 1. The zero-order valence-electron chi connectivity index (χ0n) is 15.6. The van der Waals surface area contributed by atoms with Crippen LogP contribution in [0, 0.1) is 0 Å². The van der Waals surface area contributed by atoms with Crippen LogP contribution < -0.4 is 15.6 Å². The summed E-state index contributed by atoms with van der Waals surface area (Å²) in [6, 6.07) is 10.7. The maximum atomic E-state index is 12.0. The number of amides is 1. The molecule has 0 atom stereocenters. The lowest BCUT2D eigenvalue weighted by Gasteiger charge is -2.11. The second-order valence-electron chi connectivity index (χ2n) is 6.27. The summed E-state index contributed by atoms with van der Waals surface area (Å²) in [5.41, 5.74) is 1.39. The third-order valence-electron chi connectivity index (χ3n) is 3.89. The number of nitrogens with zero attached hydrogens (tertiary/aromatic N) is 3. The van der Waals surface area contributed by atoms with Gasteiger partial charge in [-0.15, -0.1) is 0 Å². The van der Waals surface area contributed by atoms with Crippen molar-refractivity contribution in [1.82, 2.24) is 20.0 Å². The van der Waals surface area contributed by atoms with Crippen LogP contribution in [-0.2, 0) is 11.3 Å². The molecule has 0 aliphatic carbocycles. The van der Waals surface area contributed by atoms with E-state index in [-0.39, 0.29) is 11.5 Å². The first kappa shape index (κ1) is 19.7. The molecule has 1 amide bonds. The van der Waals surface area contributed by atoms with Crippen LogP contribution in [-0.4, -0.2) is 54.9 Å². The Morgan fingerprint density at radius 2 is 2.08 bits per heavy atom. The Bertz CT molecular complexity index is 786. The number of carbonyl (C=O) groups is 1. The molecule has 2 aromatic rings. The number of benzene rings is 1. The highest BCUT2D eigenvalue weighted by Crippen LogP contribution is 2.21. The fraction of sp³-hybridized carbons (Fsp3) is 0.421. The lowest BCUT2D eigenvalue weighted by atomic mass is 10.1. The van der Waals surface area contributed by atoms with Crippen LogP contribution >= 0.6 is 0 Å². The van der Waals surface area contributed by atoms with Crippen molar-refractivity contribution < 1.29 is 9.53 Å². The predicted octanol–water partition coefficient (Wildman–Crippen LogP) is 1.38. The maximum absolute atomic E-state index is 12.0. The quantitative estimate of drug-likeness (QED) is 0.733. The zero-order chi connectivity index (χ0) is 18.9. The number of rotatable bonds is 9. The van der Waals surface area contributed by atoms with Gasteiger partial charge in [-0.3, -0.25) is 9.59 Å². The van der Waals surface area contributed by atoms with E-state index in [0.717, 1.165) is 17.9 Å². The molecule has 0 radical (unpaired) electrons. The second kappa shape index (κ2) is 9.72.